The zero-order valence-electron chi connectivity index (χ0n) is 11.6. The van der Waals surface area contributed by atoms with Gasteiger partial charge in [0.2, 0.25) is 5.91 Å². The number of fused-ring (bicyclic) bond motifs is 1. The van der Waals surface area contributed by atoms with Gasteiger partial charge in [-0.15, -0.1) is 0 Å². The van der Waals surface area contributed by atoms with E-state index in [1.54, 1.807) is 0 Å². The second kappa shape index (κ2) is 5.55. The maximum atomic E-state index is 12.4. The van der Waals surface area contributed by atoms with Crippen LogP contribution in [0.25, 0.3) is 0 Å². The molecule has 0 saturated carbocycles. The maximum Gasteiger partial charge on any atom is 0.227 e. The summed E-state index contributed by atoms with van der Waals surface area (Å²) in [6, 6.07) is 8.61. The zero-order chi connectivity index (χ0) is 13.1. The van der Waals surface area contributed by atoms with Crippen molar-refractivity contribution in [2.24, 2.45) is 5.92 Å². The Bertz CT molecular complexity index is 425. The highest BCUT2D eigenvalue weighted by Gasteiger charge is 2.27. The normalized spacial score (nSPS) is 20.3. The highest BCUT2D eigenvalue weighted by atomic mass is 16.1. The molecule has 0 saturated heterocycles. The van der Waals surface area contributed by atoms with Crippen molar-refractivity contribution < 1.29 is 4.79 Å². The number of carbonyl (C=O) groups excluding carboxylic acids is 1. The van der Waals surface area contributed by atoms with Gasteiger partial charge in [-0.25, -0.2) is 0 Å². The van der Waals surface area contributed by atoms with E-state index in [-0.39, 0.29) is 17.9 Å². The number of hydrogen-bond acceptors (Lipinski definition) is 1. The summed E-state index contributed by atoms with van der Waals surface area (Å²) in [6.45, 7) is 6.36. The van der Waals surface area contributed by atoms with E-state index in [9.17, 15) is 4.79 Å². The molecule has 2 nitrogen and oxygen atoms in total. The van der Waals surface area contributed by atoms with Crippen molar-refractivity contribution >= 4 is 5.91 Å². The van der Waals surface area contributed by atoms with Gasteiger partial charge in [0.15, 0.2) is 0 Å². The Morgan fingerprint density at radius 2 is 2.00 bits per heavy atom. The Balaban J connectivity index is 2.13. The molecule has 0 radical (unpaired) electrons. The third-order valence-corrected chi connectivity index (χ3v) is 4.06. The number of amides is 1. The fraction of sp³-hybridized carbons (Fsp3) is 0.562. The molecule has 2 rings (SSSR count). The van der Waals surface area contributed by atoms with Gasteiger partial charge in [0.1, 0.15) is 0 Å². The number of nitrogens with one attached hydrogen (secondary N) is 1. The lowest BCUT2D eigenvalue weighted by atomic mass is 9.82. The molecule has 2 heteroatoms. The van der Waals surface area contributed by atoms with Crippen LogP contribution in [0.5, 0.6) is 0 Å². The summed E-state index contributed by atoms with van der Waals surface area (Å²) in [4.78, 5) is 12.4. The fourth-order valence-corrected chi connectivity index (χ4v) is 2.52. The van der Waals surface area contributed by atoms with Crippen molar-refractivity contribution in [1.82, 2.24) is 5.32 Å². The summed E-state index contributed by atoms with van der Waals surface area (Å²) in [7, 11) is 0. The monoisotopic (exact) mass is 245 g/mol. The Kier molecular flexibility index (Phi) is 4.05. The van der Waals surface area contributed by atoms with E-state index in [1.807, 2.05) is 6.07 Å². The lowest BCUT2D eigenvalue weighted by Gasteiger charge is -2.27. The van der Waals surface area contributed by atoms with Gasteiger partial charge in [-0.3, -0.25) is 4.79 Å². The summed E-state index contributed by atoms with van der Waals surface area (Å²) < 4.78 is 0. The van der Waals surface area contributed by atoms with Gasteiger partial charge in [-0.05, 0) is 43.2 Å². The fourth-order valence-electron chi connectivity index (χ4n) is 2.52. The second-order valence-electron chi connectivity index (χ2n) is 5.68. The van der Waals surface area contributed by atoms with E-state index in [1.165, 1.54) is 11.1 Å². The van der Waals surface area contributed by atoms with Crippen LogP contribution in [0.4, 0.5) is 0 Å². The number of rotatable bonds is 3. The number of hydrogen-bond donors (Lipinski definition) is 1. The number of carbonyl (C=O) groups is 1. The first kappa shape index (κ1) is 13.1. The minimum atomic E-state index is 0.0520. The van der Waals surface area contributed by atoms with Crippen LogP contribution in [0.1, 0.15) is 50.7 Å². The van der Waals surface area contributed by atoms with Gasteiger partial charge in [0, 0.05) is 6.04 Å². The molecule has 2 atom stereocenters. The third kappa shape index (κ3) is 2.74. The van der Waals surface area contributed by atoms with Crippen LogP contribution in [-0.2, 0) is 11.2 Å². The van der Waals surface area contributed by atoms with Gasteiger partial charge in [0.05, 0.1) is 5.92 Å². The highest BCUT2D eigenvalue weighted by molar-refractivity contribution is 5.84. The Morgan fingerprint density at radius 3 is 2.72 bits per heavy atom. The molecule has 1 amide bonds. The van der Waals surface area contributed by atoms with E-state index >= 15 is 0 Å². The third-order valence-electron chi connectivity index (χ3n) is 4.06. The molecular weight excluding hydrogens is 222 g/mol. The van der Waals surface area contributed by atoms with Crippen molar-refractivity contribution in [2.45, 2.75) is 52.0 Å². The molecule has 1 aliphatic rings. The largest absolute Gasteiger partial charge is 0.353 e. The second-order valence-corrected chi connectivity index (χ2v) is 5.68. The van der Waals surface area contributed by atoms with Crippen LogP contribution < -0.4 is 5.32 Å². The summed E-state index contributed by atoms with van der Waals surface area (Å²) in [5.74, 6) is 0.729. The summed E-state index contributed by atoms with van der Waals surface area (Å²) in [6.07, 6.45) is 3.21. The minimum Gasteiger partial charge on any atom is -0.353 e. The lowest BCUT2D eigenvalue weighted by Crippen LogP contribution is -2.40. The lowest BCUT2D eigenvalue weighted by molar-refractivity contribution is -0.123. The van der Waals surface area contributed by atoms with Gasteiger partial charge >= 0.3 is 0 Å². The first-order valence-electron chi connectivity index (χ1n) is 6.97. The zero-order valence-corrected chi connectivity index (χ0v) is 11.6. The van der Waals surface area contributed by atoms with E-state index in [0.29, 0.717) is 5.92 Å². The van der Waals surface area contributed by atoms with Gasteiger partial charge in [0.25, 0.3) is 0 Å². The van der Waals surface area contributed by atoms with Crippen molar-refractivity contribution in [3.8, 4) is 0 Å². The first-order valence-corrected chi connectivity index (χ1v) is 6.97. The predicted octanol–water partition coefficient (Wildman–Crippen LogP) is 3.27. The molecule has 2 unspecified atom stereocenters. The molecule has 0 spiro atoms. The highest BCUT2D eigenvalue weighted by Crippen LogP contribution is 2.31. The Morgan fingerprint density at radius 1 is 1.28 bits per heavy atom. The van der Waals surface area contributed by atoms with Crippen molar-refractivity contribution in [1.29, 1.82) is 0 Å². The van der Waals surface area contributed by atoms with Crippen molar-refractivity contribution in [2.75, 3.05) is 0 Å². The molecule has 0 bridgehead atoms. The molecule has 18 heavy (non-hydrogen) atoms. The minimum absolute atomic E-state index is 0.0520. The number of aryl methyl sites for hydroxylation is 1. The summed E-state index contributed by atoms with van der Waals surface area (Å²) in [5.41, 5.74) is 2.58. The Labute approximate surface area is 110 Å². The molecule has 1 N–H and O–H groups in total. The molecule has 1 aromatic carbocycles. The van der Waals surface area contributed by atoms with Gasteiger partial charge in [-0.1, -0.05) is 38.1 Å². The molecule has 0 aromatic heterocycles. The van der Waals surface area contributed by atoms with Gasteiger partial charge < -0.3 is 5.32 Å². The van der Waals surface area contributed by atoms with E-state index in [0.717, 1.165) is 19.3 Å². The van der Waals surface area contributed by atoms with Crippen molar-refractivity contribution in [3.63, 3.8) is 0 Å². The standard InChI is InChI=1S/C16H23NO/c1-11(2)12(3)17-16(18)15-10-6-8-13-7-4-5-9-14(13)15/h4-5,7,9,11-12,15H,6,8,10H2,1-3H3,(H,17,18). The molecule has 1 aliphatic carbocycles. The van der Waals surface area contributed by atoms with Crippen LogP contribution >= 0.6 is 0 Å². The average molecular weight is 245 g/mol. The summed E-state index contributed by atoms with van der Waals surface area (Å²) >= 11 is 0. The smallest absolute Gasteiger partial charge is 0.227 e. The topological polar surface area (TPSA) is 29.1 Å². The van der Waals surface area contributed by atoms with Crippen LogP contribution in [-0.4, -0.2) is 11.9 Å². The van der Waals surface area contributed by atoms with Crippen LogP contribution in [0.15, 0.2) is 24.3 Å². The SMILES string of the molecule is CC(C)C(C)NC(=O)C1CCCc2ccccc21. The first-order chi connectivity index (χ1) is 8.59. The van der Waals surface area contributed by atoms with E-state index in [4.69, 9.17) is 0 Å². The maximum absolute atomic E-state index is 12.4. The molecule has 0 aliphatic heterocycles. The quantitative estimate of drug-likeness (QED) is 0.870. The van der Waals surface area contributed by atoms with E-state index < -0.39 is 0 Å². The molecular formula is C16H23NO. The van der Waals surface area contributed by atoms with E-state index in [2.05, 4.69) is 44.3 Å². The number of benzene rings is 1. The van der Waals surface area contributed by atoms with Crippen molar-refractivity contribution in [3.05, 3.63) is 35.4 Å². The predicted molar refractivity (Wildman–Crippen MR) is 74.6 cm³/mol. The average Bonchev–Trinajstić information content (AvgIpc) is 2.37. The summed E-state index contributed by atoms with van der Waals surface area (Å²) in [5, 5.41) is 3.15. The molecule has 98 valence electrons. The molecule has 0 heterocycles. The Hall–Kier alpha value is -1.31. The molecule has 1 aromatic rings. The van der Waals surface area contributed by atoms with Crippen LogP contribution in [0, 0.1) is 5.92 Å². The van der Waals surface area contributed by atoms with Crippen LogP contribution in [0.3, 0.4) is 0 Å². The van der Waals surface area contributed by atoms with Crippen LogP contribution in [0.2, 0.25) is 0 Å². The molecule has 0 fully saturated rings. The van der Waals surface area contributed by atoms with Gasteiger partial charge in [-0.2, -0.15) is 0 Å².